The molecule has 0 N–H and O–H groups in total. The van der Waals surface area contributed by atoms with Crippen molar-refractivity contribution in [3.8, 4) is 11.8 Å². The molecule has 7 nitrogen and oxygen atoms in total. The minimum absolute atomic E-state index is 0.280. The van der Waals surface area contributed by atoms with Crippen LogP contribution in [0.2, 0.25) is 0 Å². The lowest BCUT2D eigenvalue weighted by molar-refractivity contribution is 0.0592. The molecule has 2 aliphatic rings. The Morgan fingerprint density at radius 3 is 2.40 bits per heavy atom. The number of rotatable bonds is 5. The van der Waals surface area contributed by atoms with Gasteiger partial charge in [-0.25, -0.2) is 15.0 Å². The number of nitrogens with zero attached hydrogens (tertiary/aromatic N) is 6. The van der Waals surface area contributed by atoms with Gasteiger partial charge in [-0.05, 0) is 37.5 Å². The minimum atomic E-state index is 0.280. The normalized spacial score (nSPS) is 18.2. The summed E-state index contributed by atoms with van der Waals surface area (Å²) in [7, 11) is 0. The molecule has 0 unspecified atom stereocenters. The summed E-state index contributed by atoms with van der Waals surface area (Å²) in [5, 5.41) is 0. The Balaban J connectivity index is 1.11. The average molecular weight is 407 g/mol. The zero-order valence-electron chi connectivity index (χ0n) is 17.7. The number of ether oxygens (including phenoxy) is 1. The van der Waals surface area contributed by atoms with Gasteiger partial charge in [0.1, 0.15) is 12.4 Å². The van der Waals surface area contributed by atoms with Crippen LogP contribution < -0.4 is 9.80 Å². The fourth-order valence-corrected chi connectivity index (χ4v) is 3.83. The van der Waals surface area contributed by atoms with Gasteiger partial charge in [-0.1, -0.05) is 17.9 Å². The predicted octanol–water partition coefficient (Wildman–Crippen LogP) is 1.99. The standard InChI is InChI=1S/C23H30N6O/c1-20-18-25-23(26-19-20)29-11-7-21(8-12-29)30-17-5-4-10-27-13-15-28(16-14-27)22-6-2-3-9-24-22/h2-3,6,9,18-19,21H,7-8,10-17H2,1H3. The highest BCUT2D eigenvalue weighted by atomic mass is 16.5. The Morgan fingerprint density at radius 2 is 1.70 bits per heavy atom. The molecule has 158 valence electrons. The van der Waals surface area contributed by atoms with E-state index in [1.807, 2.05) is 37.6 Å². The van der Waals surface area contributed by atoms with Crippen molar-refractivity contribution in [2.75, 3.05) is 62.2 Å². The van der Waals surface area contributed by atoms with Crippen LogP contribution in [-0.4, -0.2) is 78.4 Å². The van der Waals surface area contributed by atoms with E-state index in [0.29, 0.717) is 6.61 Å². The molecule has 2 aliphatic heterocycles. The van der Waals surface area contributed by atoms with Crippen molar-refractivity contribution in [3.05, 3.63) is 42.4 Å². The Kier molecular flexibility index (Phi) is 7.11. The van der Waals surface area contributed by atoms with Crippen LogP contribution in [0.4, 0.5) is 11.8 Å². The molecule has 0 atom stereocenters. The van der Waals surface area contributed by atoms with Crippen molar-refractivity contribution in [2.45, 2.75) is 25.9 Å². The van der Waals surface area contributed by atoms with Crippen LogP contribution in [0.15, 0.2) is 36.8 Å². The molecule has 0 saturated carbocycles. The highest BCUT2D eigenvalue weighted by molar-refractivity contribution is 5.38. The fourth-order valence-electron chi connectivity index (χ4n) is 3.83. The summed E-state index contributed by atoms with van der Waals surface area (Å²) in [6.45, 7) is 9.23. The van der Waals surface area contributed by atoms with Gasteiger partial charge < -0.3 is 14.5 Å². The molecule has 2 saturated heterocycles. The van der Waals surface area contributed by atoms with Gasteiger partial charge in [-0.15, -0.1) is 0 Å². The number of piperazine rings is 1. The first kappa shape index (κ1) is 20.6. The highest BCUT2D eigenvalue weighted by Gasteiger charge is 2.21. The van der Waals surface area contributed by atoms with Gasteiger partial charge in [0, 0.05) is 57.9 Å². The first-order valence-electron chi connectivity index (χ1n) is 10.8. The smallest absolute Gasteiger partial charge is 0.225 e. The first-order chi connectivity index (χ1) is 14.8. The molecule has 4 rings (SSSR count). The summed E-state index contributed by atoms with van der Waals surface area (Å²) < 4.78 is 5.97. The molecule has 0 spiro atoms. The lowest BCUT2D eigenvalue weighted by atomic mass is 10.1. The molecule has 0 amide bonds. The second-order valence-corrected chi connectivity index (χ2v) is 7.86. The zero-order valence-corrected chi connectivity index (χ0v) is 17.7. The summed E-state index contributed by atoms with van der Waals surface area (Å²) in [6, 6.07) is 6.07. The fraction of sp³-hybridized carbons (Fsp3) is 0.522. The quantitative estimate of drug-likeness (QED) is 0.704. The molecule has 4 heterocycles. The van der Waals surface area contributed by atoms with Crippen molar-refractivity contribution < 1.29 is 4.74 Å². The molecule has 2 fully saturated rings. The van der Waals surface area contributed by atoms with Gasteiger partial charge in [0.25, 0.3) is 0 Å². The number of aryl methyl sites for hydroxylation is 1. The number of aromatic nitrogens is 3. The van der Waals surface area contributed by atoms with E-state index in [2.05, 4.69) is 47.6 Å². The lowest BCUT2D eigenvalue weighted by Crippen LogP contribution is -2.46. The van der Waals surface area contributed by atoms with Gasteiger partial charge in [0.2, 0.25) is 5.95 Å². The van der Waals surface area contributed by atoms with Crippen molar-refractivity contribution in [1.29, 1.82) is 0 Å². The maximum absolute atomic E-state index is 5.97. The number of hydrogen-bond acceptors (Lipinski definition) is 7. The van der Waals surface area contributed by atoms with Crippen LogP contribution in [0.5, 0.6) is 0 Å². The third-order valence-corrected chi connectivity index (χ3v) is 5.66. The average Bonchev–Trinajstić information content (AvgIpc) is 2.81. The molecule has 0 aliphatic carbocycles. The van der Waals surface area contributed by atoms with Gasteiger partial charge in [-0.2, -0.15) is 0 Å². The van der Waals surface area contributed by atoms with E-state index in [1.165, 1.54) is 0 Å². The summed E-state index contributed by atoms with van der Waals surface area (Å²) in [4.78, 5) is 20.2. The molecular weight excluding hydrogens is 376 g/mol. The Bertz CT molecular complexity index is 831. The van der Waals surface area contributed by atoms with Crippen molar-refractivity contribution in [1.82, 2.24) is 19.9 Å². The third kappa shape index (κ3) is 5.68. The summed E-state index contributed by atoms with van der Waals surface area (Å²) >= 11 is 0. The number of hydrogen-bond donors (Lipinski definition) is 0. The van der Waals surface area contributed by atoms with E-state index in [4.69, 9.17) is 4.74 Å². The Hall–Kier alpha value is -2.69. The van der Waals surface area contributed by atoms with Gasteiger partial charge >= 0.3 is 0 Å². The molecule has 2 aromatic heterocycles. The van der Waals surface area contributed by atoms with E-state index >= 15 is 0 Å². The predicted molar refractivity (Wildman–Crippen MR) is 119 cm³/mol. The van der Waals surface area contributed by atoms with Crippen molar-refractivity contribution in [2.24, 2.45) is 0 Å². The molecule has 30 heavy (non-hydrogen) atoms. The van der Waals surface area contributed by atoms with Crippen LogP contribution in [0.25, 0.3) is 0 Å². The second-order valence-electron chi connectivity index (χ2n) is 7.86. The Labute approximate surface area is 179 Å². The van der Waals surface area contributed by atoms with Gasteiger partial charge in [0.15, 0.2) is 0 Å². The van der Waals surface area contributed by atoms with Crippen molar-refractivity contribution in [3.63, 3.8) is 0 Å². The summed E-state index contributed by atoms with van der Waals surface area (Å²) in [5.74, 6) is 8.36. The maximum Gasteiger partial charge on any atom is 0.225 e. The van der Waals surface area contributed by atoms with Crippen molar-refractivity contribution >= 4 is 11.8 Å². The number of piperidine rings is 1. The van der Waals surface area contributed by atoms with Crippen LogP contribution in [0.1, 0.15) is 18.4 Å². The third-order valence-electron chi connectivity index (χ3n) is 5.66. The SMILES string of the molecule is Cc1cnc(N2CCC(OCC#CCN3CCN(c4ccccn4)CC3)CC2)nc1. The topological polar surface area (TPSA) is 57.6 Å². The second kappa shape index (κ2) is 10.4. The molecule has 2 aromatic rings. The Morgan fingerprint density at radius 1 is 0.933 bits per heavy atom. The van der Waals surface area contributed by atoms with Crippen LogP contribution in [0, 0.1) is 18.8 Å². The minimum Gasteiger partial charge on any atom is -0.365 e. The van der Waals surface area contributed by atoms with Crippen LogP contribution in [-0.2, 0) is 4.74 Å². The van der Waals surface area contributed by atoms with E-state index in [1.54, 1.807) is 0 Å². The monoisotopic (exact) mass is 406 g/mol. The summed E-state index contributed by atoms with van der Waals surface area (Å²) in [5.41, 5.74) is 1.09. The van der Waals surface area contributed by atoms with E-state index < -0.39 is 0 Å². The first-order valence-corrected chi connectivity index (χ1v) is 10.8. The van der Waals surface area contributed by atoms with E-state index in [0.717, 1.165) is 76.0 Å². The van der Waals surface area contributed by atoms with Gasteiger partial charge in [0.05, 0.1) is 12.6 Å². The lowest BCUT2D eigenvalue weighted by Gasteiger charge is -2.34. The highest BCUT2D eigenvalue weighted by Crippen LogP contribution is 2.18. The molecule has 0 bridgehead atoms. The number of anilines is 2. The largest absolute Gasteiger partial charge is 0.365 e. The number of pyridine rings is 1. The maximum atomic E-state index is 5.97. The van der Waals surface area contributed by atoms with Crippen LogP contribution >= 0.6 is 0 Å². The van der Waals surface area contributed by atoms with Gasteiger partial charge in [-0.3, -0.25) is 4.90 Å². The molecular formula is C23H30N6O. The molecule has 0 radical (unpaired) electrons. The van der Waals surface area contributed by atoms with E-state index in [-0.39, 0.29) is 6.10 Å². The zero-order chi connectivity index (χ0) is 20.6. The van der Waals surface area contributed by atoms with Crippen LogP contribution in [0.3, 0.4) is 0 Å². The molecule has 7 heteroatoms. The summed E-state index contributed by atoms with van der Waals surface area (Å²) in [6.07, 6.45) is 7.87. The van der Waals surface area contributed by atoms with E-state index in [9.17, 15) is 0 Å². The molecule has 0 aromatic carbocycles.